The summed E-state index contributed by atoms with van der Waals surface area (Å²) in [6.45, 7) is 2.41. The van der Waals surface area contributed by atoms with Crippen LogP contribution in [-0.4, -0.2) is 21.4 Å². The van der Waals surface area contributed by atoms with Crippen molar-refractivity contribution in [3.63, 3.8) is 0 Å². The number of hydrogen-bond acceptors (Lipinski definition) is 5. The average Bonchev–Trinajstić information content (AvgIpc) is 2.86. The molecule has 0 atom stereocenters. The van der Waals surface area contributed by atoms with Crippen LogP contribution in [0.3, 0.4) is 0 Å². The third kappa shape index (κ3) is 3.07. The fraction of sp³-hybridized carbons (Fsp3) is 0.583. The molecule has 0 spiro atoms. The van der Waals surface area contributed by atoms with E-state index in [4.69, 9.17) is 5.84 Å². The highest BCUT2D eigenvalue weighted by atomic mass is 19.4. The summed E-state index contributed by atoms with van der Waals surface area (Å²) < 4.78 is 39.8. The molecule has 0 fully saturated rings. The molecule has 0 unspecified atom stereocenters. The van der Waals surface area contributed by atoms with E-state index in [2.05, 4.69) is 15.4 Å². The number of unbranched alkanes of at least 4 members (excludes halogenated alkanes) is 2. The Labute approximate surface area is 118 Å². The number of nitrogens with zero attached hydrogens (tertiary/aromatic N) is 3. The van der Waals surface area contributed by atoms with Crippen LogP contribution >= 0.6 is 0 Å². The molecule has 116 valence electrons. The number of aliphatic imine (C=N–C) groups is 1. The summed E-state index contributed by atoms with van der Waals surface area (Å²) in [7, 11) is 0. The van der Waals surface area contributed by atoms with Crippen LogP contribution in [-0.2, 0) is 13.0 Å². The molecule has 0 aliphatic carbocycles. The molecular formula is C12H16F3N5O. The highest BCUT2D eigenvalue weighted by Gasteiger charge is 2.40. The van der Waals surface area contributed by atoms with Crippen molar-refractivity contribution in [1.82, 2.24) is 9.55 Å². The van der Waals surface area contributed by atoms with Crippen molar-refractivity contribution < 1.29 is 13.2 Å². The molecule has 1 aromatic heterocycles. The van der Waals surface area contributed by atoms with Gasteiger partial charge in [-0.2, -0.15) is 18.2 Å². The van der Waals surface area contributed by atoms with Crippen LogP contribution in [0.15, 0.2) is 9.79 Å². The minimum Gasteiger partial charge on any atom is -0.295 e. The van der Waals surface area contributed by atoms with Gasteiger partial charge in [-0.1, -0.05) is 19.8 Å². The first-order chi connectivity index (χ1) is 9.88. The van der Waals surface area contributed by atoms with Gasteiger partial charge in [0.25, 0.3) is 5.56 Å². The summed E-state index contributed by atoms with van der Waals surface area (Å²) in [5, 5.41) is 0. The lowest BCUT2D eigenvalue weighted by molar-refractivity contribution is -0.0597. The van der Waals surface area contributed by atoms with Gasteiger partial charge in [0.15, 0.2) is 0 Å². The van der Waals surface area contributed by atoms with Crippen LogP contribution in [0.25, 0.3) is 0 Å². The number of aromatic nitrogens is 2. The number of fused-ring (bicyclic) bond motifs is 1. The van der Waals surface area contributed by atoms with Crippen LogP contribution in [0.2, 0.25) is 0 Å². The minimum atomic E-state index is -4.55. The number of hydrogen-bond donors (Lipinski definition) is 2. The Hall–Kier alpha value is -1.90. The van der Waals surface area contributed by atoms with E-state index in [-0.39, 0.29) is 17.3 Å². The third-order valence-corrected chi connectivity index (χ3v) is 3.27. The topological polar surface area (TPSA) is 85.3 Å². The highest BCUT2D eigenvalue weighted by Crippen LogP contribution is 2.32. The summed E-state index contributed by atoms with van der Waals surface area (Å²) in [6.07, 6.45) is -2.50. The van der Waals surface area contributed by atoms with Gasteiger partial charge in [0, 0.05) is 13.0 Å². The average molecular weight is 303 g/mol. The summed E-state index contributed by atoms with van der Waals surface area (Å²) in [5.74, 6) is 5.33. The zero-order valence-electron chi connectivity index (χ0n) is 11.5. The lowest BCUT2D eigenvalue weighted by Crippen LogP contribution is -2.26. The van der Waals surface area contributed by atoms with E-state index >= 15 is 0 Å². The lowest BCUT2D eigenvalue weighted by atomic mass is 10.2. The molecule has 0 aromatic carbocycles. The molecule has 1 aliphatic heterocycles. The fourth-order valence-electron chi connectivity index (χ4n) is 2.21. The Morgan fingerprint density at radius 1 is 1.38 bits per heavy atom. The smallest absolute Gasteiger partial charge is 0.295 e. The normalized spacial score (nSPS) is 14.0. The van der Waals surface area contributed by atoms with E-state index in [1.807, 2.05) is 6.92 Å². The maximum atomic E-state index is 12.8. The molecular weight excluding hydrogens is 287 g/mol. The van der Waals surface area contributed by atoms with Gasteiger partial charge >= 0.3 is 6.18 Å². The Kier molecular flexibility index (Phi) is 4.31. The van der Waals surface area contributed by atoms with Crippen LogP contribution in [0.5, 0.6) is 0 Å². The quantitative estimate of drug-likeness (QED) is 0.494. The van der Waals surface area contributed by atoms with Crippen molar-refractivity contribution >= 4 is 17.5 Å². The number of nitrogens with two attached hydrogens (primary N) is 1. The number of nitrogen functional groups attached to an aromatic ring is 1. The zero-order valence-corrected chi connectivity index (χ0v) is 11.5. The van der Waals surface area contributed by atoms with Crippen molar-refractivity contribution in [1.29, 1.82) is 0 Å². The summed E-state index contributed by atoms with van der Waals surface area (Å²) in [5.41, 5.74) is 0.512. The second-order valence-corrected chi connectivity index (χ2v) is 4.78. The fourth-order valence-corrected chi connectivity index (χ4v) is 2.21. The molecule has 0 saturated heterocycles. The van der Waals surface area contributed by atoms with Crippen LogP contribution in [0.4, 0.5) is 24.9 Å². The van der Waals surface area contributed by atoms with Crippen molar-refractivity contribution in [2.45, 2.75) is 45.3 Å². The van der Waals surface area contributed by atoms with Gasteiger partial charge in [-0.3, -0.25) is 14.8 Å². The predicted octanol–water partition coefficient (Wildman–Crippen LogP) is 1.91. The molecule has 0 amide bonds. The van der Waals surface area contributed by atoms with Gasteiger partial charge in [-0.05, 0) is 6.42 Å². The van der Waals surface area contributed by atoms with Crippen molar-refractivity contribution in [2.24, 2.45) is 10.8 Å². The molecule has 2 heterocycles. The Morgan fingerprint density at radius 2 is 2.10 bits per heavy atom. The monoisotopic (exact) mass is 303 g/mol. The number of rotatable bonds is 5. The van der Waals surface area contributed by atoms with Gasteiger partial charge in [0.1, 0.15) is 11.5 Å². The molecule has 0 saturated carbocycles. The first-order valence-corrected chi connectivity index (χ1v) is 6.63. The first kappa shape index (κ1) is 15.5. The first-order valence-electron chi connectivity index (χ1n) is 6.63. The number of nitrogens with one attached hydrogen (secondary N) is 1. The molecule has 1 aromatic rings. The highest BCUT2D eigenvalue weighted by molar-refractivity contribution is 5.97. The summed E-state index contributed by atoms with van der Waals surface area (Å²) in [4.78, 5) is 19.1. The van der Waals surface area contributed by atoms with Crippen molar-refractivity contribution in [3.05, 3.63) is 15.9 Å². The van der Waals surface area contributed by atoms with E-state index in [0.717, 1.165) is 19.3 Å². The molecule has 21 heavy (non-hydrogen) atoms. The van der Waals surface area contributed by atoms with E-state index < -0.39 is 23.9 Å². The lowest BCUT2D eigenvalue weighted by Gasteiger charge is -2.14. The molecule has 0 bridgehead atoms. The molecule has 9 heteroatoms. The van der Waals surface area contributed by atoms with Gasteiger partial charge in [0.2, 0.25) is 5.95 Å². The maximum Gasteiger partial charge on any atom is 0.429 e. The number of halogens is 3. The number of hydrazine groups is 1. The Morgan fingerprint density at radius 3 is 2.67 bits per heavy atom. The number of anilines is 1. The molecule has 3 N–H and O–H groups in total. The second-order valence-electron chi connectivity index (χ2n) is 4.78. The molecule has 1 aliphatic rings. The Bertz CT molecular complexity index is 621. The van der Waals surface area contributed by atoms with Gasteiger partial charge < -0.3 is 0 Å². The van der Waals surface area contributed by atoms with Gasteiger partial charge in [-0.15, -0.1) is 0 Å². The largest absolute Gasteiger partial charge is 0.429 e. The standard InChI is InChI=1S/C12H16F3N5O/c1-2-3-4-5-20-9-7(10(21)18-11(20)19-16)6-8(17-9)12(13,14)15/h2-6,16H2,1H3,(H,18,19,21). The van der Waals surface area contributed by atoms with E-state index in [9.17, 15) is 18.0 Å². The van der Waals surface area contributed by atoms with Gasteiger partial charge in [0.05, 0.1) is 5.56 Å². The predicted molar refractivity (Wildman–Crippen MR) is 72.7 cm³/mol. The van der Waals surface area contributed by atoms with Crippen LogP contribution in [0.1, 0.15) is 31.7 Å². The van der Waals surface area contributed by atoms with E-state index in [1.165, 1.54) is 4.57 Å². The van der Waals surface area contributed by atoms with Crippen LogP contribution in [0, 0.1) is 0 Å². The van der Waals surface area contributed by atoms with Gasteiger partial charge in [-0.25, -0.2) is 10.8 Å². The van der Waals surface area contributed by atoms with E-state index in [1.54, 1.807) is 0 Å². The zero-order chi connectivity index (χ0) is 15.6. The molecule has 0 radical (unpaired) electrons. The number of alkyl halides is 3. The molecule has 6 nitrogen and oxygen atoms in total. The molecule has 2 rings (SSSR count). The summed E-state index contributed by atoms with van der Waals surface area (Å²) in [6, 6.07) is 0. The SMILES string of the molecule is CCCCCn1c(NN)nc(=O)c2c1N=C(C(F)(F)F)C2. The maximum absolute atomic E-state index is 12.8. The second kappa shape index (κ2) is 5.84. The third-order valence-electron chi connectivity index (χ3n) is 3.27. The van der Waals surface area contributed by atoms with Crippen molar-refractivity contribution in [3.8, 4) is 0 Å². The van der Waals surface area contributed by atoms with Crippen molar-refractivity contribution in [2.75, 3.05) is 5.43 Å². The Balaban J connectivity index is 2.47. The summed E-state index contributed by atoms with van der Waals surface area (Å²) >= 11 is 0. The van der Waals surface area contributed by atoms with Crippen LogP contribution < -0.4 is 16.8 Å². The minimum absolute atomic E-state index is 0.00591. The van der Waals surface area contributed by atoms with E-state index in [0.29, 0.717) is 6.54 Å².